The second-order valence-electron chi connectivity index (χ2n) is 5.85. The Kier molecular flexibility index (Phi) is 3.60. The topological polar surface area (TPSA) is 58.6 Å². The lowest BCUT2D eigenvalue weighted by molar-refractivity contribution is -0.158. The van der Waals surface area contributed by atoms with E-state index in [1.54, 1.807) is 4.90 Å². The molecule has 0 aliphatic carbocycles. The molecule has 0 bridgehead atoms. The Morgan fingerprint density at radius 3 is 2.47 bits per heavy atom. The Bertz CT molecular complexity index is 392. The lowest BCUT2D eigenvalue weighted by Gasteiger charge is -2.48. The Balaban J connectivity index is 2.35. The van der Waals surface area contributed by atoms with Gasteiger partial charge in [-0.2, -0.15) is 0 Å². The number of amides is 2. The van der Waals surface area contributed by atoms with Gasteiger partial charge in [-0.15, -0.1) is 0 Å². The van der Waals surface area contributed by atoms with E-state index in [1.165, 1.54) is 0 Å². The number of rotatable bonds is 3. The minimum Gasteiger partial charge on any atom is -0.376 e. The van der Waals surface area contributed by atoms with E-state index in [2.05, 4.69) is 5.32 Å². The predicted molar refractivity (Wildman–Crippen MR) is 71.6 cm³/mol. The number of nitrogens with one attached hydrogen (secondary N) is 1. The second kappa shape index (κ2) is 4.78. The summed E-state index contributed by atoms with van der Waals surface area (Å²) in [6, 6.07) is 0. The number of nitrogens with zero attached hydrogens (tertiary/aromatic N) is 1. The van der Waals surface area contributed by atoms with E-state index in [9.17, 15) is 9.59 Å². The zero-order valence-electron chi connectivity index (χ0n) is 12.3. The molecule has 0 aromatic rings. The summed E-state index contributed by atoms with van der Waals surface area (Å²) in [7, 11) is 0. The largest absolute Gasteiger partial charge is 0.376 e. The van der Waals surface area contributed by atoms with Gasteiger partial charge in [-0.1, -0.05) is 13.8 Å². The molecule has 1 N–H and O–H groups in total. The zero-order chi connectivity index (χ0) is 14.3. The van der Waals surface area contributed by atoms with Gasteiger partial charge in [-0.05, 0) is 33.1 Å². The predicted octanol–water partition coefficient (Wildman–Crippen LogP) is 1.07. The lowest BCUT2D eigenvalue weighted by atomic mass is 9.84. The van der Waals surface area contributed by atoms with Crippen molar-refractivity contribution in [1.82, 2.24) is 10.2 Å². The monoisotopic (exact) mass is 268 g/mol. The molecule has 2 aliphatic rings. The van der Waals surface area contributed by atoms with Crippen molar-refractivity contribution in [3.8, 4) is 0 Å². The van der Waals surface area contributed by atoms with E-state index in [1.807, 2.05) is 27.7 Å². The molecule has 0 saturated carbocycles. The van der Waals surface area contributed by atoms with Crippen molar-refractivity contribution < 1.29 is 14.3 Å². The molecule has 19 heavy (non-hydrogen) atoms. The summed E-state index contributed by atoms with van der Waals surface area (Å²) >= 11 is 0. The molecule has 2 fully saturated rings. The molecule has 0 spiro atoms. The standard InChI is InChI=1S/C14H24N2O3/c1-5-14(6-2)12(18)16(9-11(17)15-14)13(4)7-8-19-10(13)3/h10H,5-9H2,1-4H3,(H,15,17). The molecule has 5 heteroatoms. The van der Waals surface area contributed by atoms with Gasteiger partial charge in [-0.3, -0.25) is 9.59 Å². The average Bonchev–Trinajstić information content (AvgIpc) is 2.73. The maximum atomic E-state index is 12.8. The molecule has 0 aromatic heterocycles. The SMILES string of the molecule is CCC1(CC)NC(=O)CN(C2(C)CCOC2C)C1=O. The summed E-state index contributed by atoms with van der Waals surface area (Å²) in [6.07, 6.45) is 2.00. The van der Waals surface area contributed by atoms with E-state index < -0.39 is 5.54 Å². The first-order chi connectivity index (χ1) is 8.89. The van der Waals surface area contributed by atoms with Crippen molar-refractivity contribution in [1.29, 1.82) is 0 Å². The van der Waals surface area contributed by atoms with E-state index in [4.69, 9.17) is 4.74 Å². The number of hydrogen-bond donors (Lipinski definition) is 1. The molecule has 2 unspecified atom stereocenters. The Labute approximate surface area is 114 Å². The van der Waals surface area contributed by atoms with Gasteiger partial charge in [0.1, 0.15) is 12.1 Å². The molecule has 0 aromatic carbocycles. The molecular formula is C14H24N2O3. The smallest absolute Gasteiger partial charge is 0.249 e. The van der Waals surface area contributed by atoms with Crippen LogP contribution in [0.2, 0.25) is 0 Å². The molecule has 2 amide bonds. The van der Waals surface area contributed by atoms with Crippen molar-refractivity contribution >= 4 is 11.8 Å². The molecule has 108 valence electrons. The van der Waals surface area contributed by atoms with E-state index in [-0.39, 0.29) is 30.0 Å². The number of piperazine rings is 1. The maximum absolute atomic E-state index is 12.8. The number of carbonyl (C=O) groups is 2. The van der Waals surface area contributed by atoms with E-state index in [0.29, 0.717) is 19.4 Å². The van der Waals surface area contributed by atoms with Crippen LogP contribution in [0, 0.1) is 0 Å². The fourth-order valence-electron chi connectivity index (χ4n) is 3.15. The normalized spacial score (nSPS) is 34.5. The van der Waals surface area contributed by atoms with Gasteiger partial charge in [-0.25, -0.2) is 0 Å². The molecule has 0 radical (unpaired) electrons. The summed E-state index contributed by atoms with van der Waals surface area (Å²) in [5.41, 5.74) is -1.11. The number of ether oxygens (including phenoxy) is 1. The minimum atomic E-state index is -0.735. The summed E-state index contributed by atoms with van der Waals surface area (Å²) < 4.78 is 5.62. The molecule has 2 heterocycles. The summed E-state index contributed by atoms with van der Waals surface area (Å²) in [4.78, 5) is 26.6. The van der Waals surface area contributed by atoms with Gasteiger partial charge in [0.05, 0.1) is 11.6 Å². The first-order valence-electron chi connectivity index (χ1n) is 7.14. The van der Waals surface area contributed by atoms with Crippen LogP contribution in [0.4, 0.5) is 0 Å². The Morgan fingerprint density at radius 2 is 2.00 bits per heavy atom. The van der Waals surface area contributed by atoms with Crippen LogP contribution in [-0.2, 0) is 14.3 Å². The van der Waals surface area contributed by atoms with E-state index >= 15 is 0 Å². The van der Waals surface area contributed by atoms with Crippen LogP contribution in [0.15, 0.2) is 0 Å². The highest BCUT2D eigenvalue weighted by molar-refractivity contribution is 5.98. The molecule has 2 atom stereocenters. The van der Waals surface area contributed by atoms with Crippen LogP contribution >= 0.6 is 0 Å². The summed E-state index contributed by atoms with van der Waals surface area (Å²) in [6.45, 7) is 8.69. The van der Waals surface area contributed by atoms with Crippen LogP contribution in [0.25, 0.3) is 0 Å². The minimum absolute atomic E-state index is 0.0336. The Morgan fingerprint density at radius 1 is 1.37 bits per heavy atom. The number of hydrogen-bond acceptors (Lipinski definition) is 3. The first kappa shape index (κ1) is 14.3. The highest BCUT2D eigenvalue weighted by Gasteiger charge is 2.53. The van der Waals surface area contributed by atoms with Crippen LogP contribution in [0.5, 0.6) is 0 Å². The van der Waals surface area contributed by atoms with Crippen molar-refractivity contribution in [3.63, 3.8) is 0 Å². The van der Waals surface area contributed by atoms with Crippen LogP contribution < -0.4 is 5.32 Å². The quantitative estimate of drug-likeness (QED) is 0.833. The molecule has 2 rings (SSSR count). The van der Waals surface area contributed by atoms with Crippen LogP contribution in [0.1, 0.15) is 47.0 Å². The van der Waals surface area contributed by atoms with Gasteiger partial charge < -0.3 is 15.0 Å². The molecule has 2 aliphatic heterocycles. The van der Waals surface area contributed by atoms with Gasteiger partial charge in [0.25, 0.3) is 0 Å². The zero-order valence-corrected chi connectivity index (χ0v) is 12.3. The van der Waals surface area contributed by atoms with Gasteiger partial charge >= 0.3 is 0 Å². The third kappa shape index (κ3) is 2.04. The third-order valence-corrected chi connectivity index (χ3v) is 5.01. The summed E-state index contributed by atoms with van der Waals surface area (Å²) in [5.74, 6) is -0.0272. The first-order valence-corrected chi connectivity index (χ1v) is 7.14. The highest BCUT2D eigenvalue weighted by Crippen LogP contribution is 2.35. The fraction of sp³-hybridized carbons (Fsp3) is 0.857. The average molecular weight is 268 g/mol. The maximum Gasteiger partial charge on any atom is 0.249 e. The van der Waals surface area contributed by atoms with Crippen molar-refractivity contribution in [2.45, 2.75) is 64.1 Å². The van der Waals surface area contributed by atoms with Crippen LogP contribution in [-0.4, -0.2) is 47.0 Å². The van der Waals surface area contributed by atoms with Gasteiger partial charge in [0, 0.05) is 6.61 Å². The van der Waals surface area contributed by atoms with Crippen molar-refractivity contribution in [3.05, 3.63) is 0 Å². The third-order valence-electron chi connectivity index (χ3n) is 5.01. The summed E-state index contributed by atoms with van der Waals surface area (Å²) in [5, 5.41) is 2.89. The van der Waals surface area contributed by atoms with Crippen molar-refractivity contribution in [2.75, 3.05) is 13.2 Å². The second-order valence-corrected chi connectivity index (χ2v) is 5.85. The lowest BCUT2D eigenvalue weighted by Crippen LogP contribution is -2.71. The van der Waals surface area contributed by atoms with Crippen LogP contribution in [0.3, 0.4) is 0 Å². The highest BCUT2D eigenvalue weighted by atomic mass is 16.5. The van der Waals surface area contributed by atoms with E-state index in [0.717, 1.165) is 6.42 Å². The number of carbonyl (C=O) groups excluding carboxylic acids is 2. The van der Waals surface area contributed by atoms with Crippen molar-refractivity contribution in [2.24, 2.45) is 0 Å². The fourth-order valence-corrected chi connectivity index (χ4v) is 3.15. The molecule has 5 nitrogen and oxygen atoms in total. The molecule has 2 saturated heterocycles. The Hall–Kier alpha value is -1.10. The van der Waals surface area contributed by atoms with Gasteiger partial charge in [0.15, 0.2) is 0 Å². The van der Waals surface area contributed by atoms with Gasteiger partial charge in [0.2, 0.25) is 11.8 Å². The molecular weight excluding hydrogens is 244 g/mol.